The predicted octanol–water partition coefficient (Wildman–Crippen LogP) is 4.09. The first-order chi connectivity index (χ1) is 12.4. The van der Waals surface area contributed by atoms with Gasteiger partial charge in [0, 0.05) is 29.4 Å². The molecule has 26 heavy (non-hydrogen) atoms. The zero-order valence-corrected chi connectivity index (χ0v) is 15.2. The van der Waals surface area contributed by atoms with E-state index in [-0.39, 0.29) is 29.7 Å². The van der Waals surface area contributed by atoms with E-state index in [4.69, 9.17) is 4.74 Å². The van der Waals surface area contributed by atoms with Crippen molar-refractivity contribution in [3.8, 4) is 5.75 Å². The highest BCUT2D eigenvalue weighted by atomic mass is 16.5. The fourth-order valence-corrected chi connectivity index (χ4v) is 3.46. The molecule has 1 aliphatic carbocycles. The Bertz CT molecular complexity index is 814. The molecule has 4 nitrogen and oxygen atoms in total. The van der Waals surface area contributed by atoms with E-state index in [0.29, 0.717) is 16.9 Å². The van der Waals surface area contributed by atoms with E-state index < -0.39 is 11.8 Å². The Kier molecular flexibility index (Phi) is 5.03. The first kappa shape index (κ1) is 18.1. The smallest absolute Gasteiger partial charge is 0.175 e. The average molecular weight is 350 g/mol. The van der Waals surface area contributed by atoms with Crippen LogP contribution in [0.25, 0.3) is 0 Å². The number of carbonyl (C=O) groups is 3. The van der Waals surface area contributed by atoms with E-state index in [1.807, 2.05) is 26.0 Å². The lowest BCUT2D eigenvalue weighted by atomic mass is 9.78. The van der Waals surface area contributed by atoms with Crippen molar-refractivity contribution >= 4 is 17.3 Å². The minimum atomic E-state index is -0.844. The quantitative estimate of drug-likeness (QED) is 0.736. The van der Waals surface area contributed by atoms with Crippen molar-refractivity contribution in [3.05, 3.63) is 65.2 Å². The molecular formula is C22H22O4. The van der Waals surface area contributed by atoms with Gasteiger partial charge in [-0.1, -0.05) is 50.2 Å². The molecule has 0 heterocycles. The van der Waals surface area contributed by atoms with E-state index in [0.717, 1.165) is 5.56 Å². The van der Waals surface area contributed by atoms with Crippen molar-refractivity contribution in [1.82, 2.24) is 0 Å². The van der Waals surface area contributed by atoms with Gasteiger partial charge >= 0.3 is 0 Å². The molecular weight excluding hydrogens is 328 g/mol. The summed E-state index contributed by atoms with van der Waals surface area (Å²) in [6, 6.07) is 14.1. The van der Waals surface area contributed by atoms with Crippen LogP contribution in [0.3, 0.4) is 0 Å². The Morgan fingerprint density at radius 1 is 0.962 bits per heavy atom. The van der Waals surface area contributed by atoms with E-state index in [2.05, 4.69) is 0 Å². The van der Waals surface area contributed by atoms with Crippen molar-refractivity contribution < 1.29 is 19.1 Å². The summed E-state index contributed by atoms with van der Waals surface area (Å²) in [6.45, 7) is 3.67. The number of rotatable bonds is 6. The highest BCUT2D eigenvalue weighted by Crippen LogP contribution is 2.39. The number of benzene rings is 2. The molecule has 0 saturated heterocycles. The zero-order valence-electron chi connectivity index (χ0n) is 15.2. The van der Waals surface area contributed by atoms with Crippen molar-refractivity contribution in [2.45, 2.75) is 26.2 Å². The second kappa shape index (κ2) is 7.24. The van der Waals surface area contributed by atoms with Crippen LogP contribution in [0.1, 0.15) is 52.5 Å². The van der Waals surface area contributed by atoms with Gasteiger partial charge < -0.3 is 4.74 Å². The second-order valence-corrected chi connectivity index (χ2v) is 6.96. The third-order valence-electron chi connectivity index (χ3n) is 5.03. The summed E-state index contributed by atoms with van der Waals surface area (Å²) in [5, 5.41) is 0. The zero-order chi connectivity index (χ0) is 18.8. The molecule has 0 saturated carbocycles. The Labute approximate surface area is 153 Å². The third-order valence-corrected chi connectivity index (χ3v) is 5.03. The predicted molar refractivity (Wildman–Crippen MR) is 98.8 cm³/mol. The lowest BCUT2D eigenvalue weighted by Crippen LogP contribution is -2.27. The minimum absolute atomic E-state index is 0.0439. The molecule has 1 atom stereocenters. The summed E-state index contributed by atoms with van der Waals surface area (Å²) in [5.74, 6) is -1.11. The minimum Gasteiger partial charge on any atom is -0.497 e. The first-order valence-corrected chi connectivity index (χ1v) is 8.78. The maximum atomic E-state index is 12.9. The number of carbonyl (C=O) groups excluding carboxylic acids is 3. The van der Waals surface area contributed by atoms with Crippen molar-refractivity contribution in [2.24, 2.45) is 11.8 Å². The molecule has 134 valence electrons. The molecule has 1 unspecified atom stereocenters. The normalized spacial score (nSPS) is 15.2. The Hall–Kier alpha value is -2.75. The SMILES string of the molecule is COc1ccc(C(CC(=O)C(C)C)C2C(=O)c3ccccc3C2=O)cc1. The number of methoxy groups -OCH3 is 1. The number of ether oxygens (including phenoxy) is 1. The number of Topliss-reactive ketones (excluding diaryl/α,β-unsaturated/α-hetero) is 3. The van der Waals surface area contributed by atoms with Crippen LogP contribution in [-0.4, -0.2) is 24.5 Å². The van der Waals surface area contributed by atoms with Gasteiger partial charge in [-0.3, -0.25) is 14.4 Å². The summed E-state index contributed by atoms with van der Waals surface area (Å²) in [7, 11) is 1.58. The van der Waals surface area contributed by atoms with Crippen molar-refractivity contribution in [3.63, 3.8) is 0 Å². The molecule has 0 N–H and O–H groups in total. The summed E-state index contributed by atoms with van der Waals surface area (Å²) < 4.78 is 5.19. The number of hydrogen-bond acceptors (Lipinski definition) is 4. The highest BCUT2D eigenvalue weighted by molar-refractivity contribution is 6.27. The van der Waals surface area contributed by atoms with Crippen LogP contribution in [-0.2, 0) is 4.79 Å². The first-order valence-electron chi connectivity index (χ1n) is 8.78. The molecule has 2 aromatic rings. The summed E-state index contributed by atoms with van der Waals surface area (Å²) in [6.07, 6.45) is 0.167. The van der Waals surface area contributed by atoms with E-state index in [1.165, 1.54) is 0 Å². The Balaban J connectivity index is 2.02. The van der Waals surface area contributed by atoms with E-state index in [1.54, 1.807) is 43.5 Å². The largest absolute Gasteiger partial charge is 0.497 e. The van der Waals surface area contributed by atoms with Crippen molar-refractivity contribution in [1.29, 1.82) is 0 Å². The molecule has 0 amide bonds. The summed E-state index contributed by atoms with van der Waals surface area (Å²) in [5.41, 5.74) is 1.72. The molecule has 1 aliphatic rings. The van der Waals surface area contributed by atoms with Crippen LogP contribution in [0.2, 0.25) is 0 Å². The second-order valence-electron chi connectivity index (χ2n) is 6.96. The van der Waals surface area contributed by atoms with Crippen LogP contribution in [0.15, 0.2) is 48.5 Å². The Morgan fingerprint density at radius 2 is 1.50 bits per heavy atom. The molecule has 0 fully saturated rings. The molecule has 0 aliphatic heterocycles. The van der Waals surface area contributed by atoms with Crippen LogP contribution in [0.4, 0.5) is 0 Å². The van der Waals surface area contributed by atoms with Crippen LogP contribution in [0.5, 0.6) is 5.75 Å². The molecule has 0 aromatic heterocycles. The fourth-order valence-electron chi connectivity index (χ4n) is 3.46. The highest BCUT2D eigenvalue weighted by Gasteiger charge is 2.44. The molecule has 0 spiro atoms. The maximum absolute atomic E-state index is 12.9. The van der Waals surface area contributed by atoms with Gasteiger partial charge in [-0.2, -0.15) is 0 Å². The van der Waals surface area contributed by atoms with Gasteiger partial charge in [0.25, 0.3) is 0 Å². The van der Waals surface area contributed by atoms with Gasteiger partial charge in [0.1, 0.15) is 11.5 Å². The Morgan fingerprint density at radius 3 is 1.96 bits per heavy atom. The van der Waals surface area contributed by atoms with Gasteiger partial charge in [0.15, 0.2) is 11.6 Å². The lowest BCUT2D eigenvalue weighted by molar-refractivity contribution is -0.122. The summed E-state index contributed by atoms with van der Waals surface area (Å²) >= 11 is 0. The molecule has 2 aromatic carbocycles. The summed E-state index contributed by atoms with van der Waals surface area (Å²) in [4.78, 5) is 38.3. The molecule has 4 heteroatoms. The third kappa shape index (κ3) is 3.19. The molecule has 0 radical (unpaired) electrons. The fraction of sp³-hybridized carbons (Fsp3) is 0.318. The van der Waals surface area contributed by atoms with Gasteiger partial charge in [-0.05, 0) is 17.7 Å². The van der Waals surface area contributed by atoms with Gasteiger partial charge in [0.05, 0.1) is 13.0 Å². The van der Waals surface area contributed by atoms with Crippen LogP contribution in [0, 0.1) is 11.8 Å². The molecule has 3 rings (SSSR count). The number of hydrogen-bond donors (Lipinski definition) is 0. The van der Waals surface area contributed by atoms with Crippen LogP contribution >= 0.6 is 0 Å². The van der Waals surface area contributed by atoms with Gasteiger partial charge in [-0.25, -0.2) is 0 Å². The molecule has 0 bridgehead atoms. The van der Waals surface area contributed by atoms with Crippen molar-refractivity contribution in [2.75, 3.05) is 7.11 Å². The van der Waals surface area contributed by atoms with Gasteiger partial charge in [-0.15, -0.1) is 0 Å². The number of ketones is 3. The van der Waals surface area contributed by atoms with E-state index in [9.17, 15) is 14.4 Å². The monoisotopic (exact) mass is 350 g/mol. The number of fused-ring (bicyclic) bond motifs is 1. The average Bonchev–Trinajstić information content (AvgIpc) is 2.91. The topological polar surface area (TPSA) is 60.4 Å². The van der Waals surface area contributed by atoms with E-state index >= 15 is 0 Å². The lowest BCUT2D eigenvalue weighted by Gasteiger charge is -2.22. The van der Waals surface area contributed by atoms with Crippen LogP contribution < -0.4 is 4.74 Å². The standard InChI is InChI=1S/C22H22O4/c1-13(2)19(23)12-18(14-8-10-15(26-3)11-9-14)20-21(24)16-6-4-5-7-17(16)22(20)25/h4-11,13,18,20H,12H2,1-3H3. The maximum Gasteiger partial charge on any atom is 0.175 e. The van der Waals surface area contributed by atoms with Gasteiger partial charge in [0.2, 0.25) is 0 Å².